The van der Waals surface area contributed by atoms with Gasteiger partial charge >= 0.3 is 0 Å². The smallest absolute Gasteiger partial charge is 0.153 e. The minimum Gasteiger partial charge on any atom is -0.481 e. The summed E-state index contributed by atoms with van der Waals surface area (Å²) in [4.78, 5) is 10.9. The van der Waals surface area contributed by atoms with Crippen LogP contribution < -0.4 is 4.74 Å². The van der Waals surface area contributed by atoms with Crippen molar-refractivity contribution < 1.29 is 9.53 Å². The molecule has 0 spiro atoms. The first-order chi connectivity index (χ1) is 7.36. The lowest BCUT2D eigenvalue weighted by Crippen LogP contribution is -1.94. The SMILES string of the molecule is O=Cc1ccc2ccccc2c1OCBr. The van der Waals surface area contributed by atoms with Crippen molar-refractivity contribution in [2.24, 2.45) is 0 Å². The zero-order valence-corrected chi connectivity index (χ0v) is 9.53. The van der Waals surface area contributed by atoms with Gasteiger partial charge in [0, 0.05) is 5.39 Å². The molecule has 0 unspecified atom stereocenters. The van der Waals surface area contributed by atoms with Gasteiger partial charge in [0.15, 0.2) is 6.29 Å². The van der Waals surface area contributed by atoms with Crippen LogP contribution in [0.15, 0.2) is 36.4 Å². The molecule has 0 saturated carbocycles. The molecule has 0 amide bonds. The summed E-state index contributed by atoms with van der Waals surface area (Å²) in [6.45, 7) is 0. The molecule has 2 rings (SSSR count). The second kappa shape index (κ2) is 4.45. The van der Waals surface area contributed by atoms with E-state index in [0.717, 1.165) is 17.1 Å². The molecular formula is C12H9BrO2. The van der Waals surface area contributed by atoms with Crippen LogP contribution in [0.2, 0.25) is 0 Å². The number of hydrogen-bond acceptors (Lipinski definition) is 2. The van der Waals surface area contributed by atoms with Gasteiger partial charge in [-0.25, -0.2) is 0 Å². The van der Waals surface area contributed by atoms with E-state index in [4.69, 9.17) is 4.74 Å². The summed E-state index contributed by atoms with van der Waals surface area (Å²) in [5, 5.41) is 2.03. The van der Waals surface area contributed by atoms with Crippen molar-refractivity contribution in [1.82, 2.24) is 0 Å². The first-order valence-corrected chi connectivity index (χ1v) is 5.64. The van der Waals surface area contributed by atoms with Gasteiger partial charge in [0.25, 0.3) is 0 Å². The van der Waals surface area contributed by atoms with Crippen LogP contribution in [0.4, 0.5) is 0 Å². The quantitative estimate of drug-likeness (QED) is 0.628. The van der Waals surface area contributed by atoms with Crippen LogP contribution >= 0.6 is 15.9 Å². The third-order valence-electron chi connectivity index (χ3n) is 2.24. The minimum atomic E-state index is 0.377. The molecule has 0 bridgehead atoms. The number of ether oxygens (including phenoxy) is 1. The number of alkyl halides is 1. The summed E-state index contributed by atoms with van der Waals surface area (Å²) < 4.78 is 5.43. The Hall–Kier alpha value is -1.35. The Kier molecular flexibility index (Phi) is 3.02. The van der Waals surface area contributed by atoms with Crippen molar-refractivity contribution in [2.75, 3.05) is 5.52 Å². The topological polar surface area (TPSA) is 26.3 Å². The maximum Gasteiger partial charge on any atom is 0.153 e. The summed E-state index contributed by atoms with van der Waals surface area (Å²) in [7, 11) is 0. The van der Waals surface area contributed by atoms with E-state index in [2.05, 4.69) is 15.9 Å². The fourth-order valence-electron chi connectivity index (χ4n) is 1.57. The molecule has 2 nitrogen and oxygen atoms in total. The Morgan fingerprint density at radius 3 is 2.73 bits per heavy atom. The predicted octanol–water partition coefficient (Wildman–Crippen LogP) is 3.38. The van der Waals surface area contributed by atoms with Crippen molar-refractivity contribution in [1.29, 1.82) is 0 Å². The molecule has 0 fully saturated rings. The largest absolute Gasteiger partial charge is 0.481 e. The second-order valence-electron chi connectivity index (χ2n) is 3.08. The minimum absolute atomic E-state index is 0.377. The molecule has 0 atom stereocenters. The van der Waals surface area contributed by atoms with E-state index in [-0.39, 0.29) is 0 Å². The summed E-state index contributed by atoms with van der Waals surface area (Å²) in [5.74, 6) is 0.639. The highest BCUT2D eigenvalue weighted by atomic mass is 79.9. The molecule has 0 radical (unpaired) electrons. The first kappa shape index (κ1) is 10.2. The average Bonchev–Trinajstić information content (AvgIpc) is 2.30. The molecule has 0 saturated heterocycles. The molecule has 76 valence electrons. The maximum absolute atomic E-state index is 10.9. The van der Waals surface area contributed by atoms with Crippen LogP contribution in [0.3, 0.4) is 0 Å². The number of carbonyl (C=O) groups excluding carboxylic acids is 1. The Bertz CT molecular complexity index is 494. The molecule has 2 aromatic carbocycles. The lowest BCUT2D eigenvalue weighted by atomic mass is 10.1. The number of benzene rings is 2. The van der Waals surface area contributed by atoms with E-state index >= 15 is 0 Å². The summed E-state index contributed by atoms with van der Waals surface area (Å²) >= 11 is 3.20. The molecule has 15 heavy (non-hydrogen) atoms. The summed E-state index contributed by atoms with van der Waals surface area (Å²) in [6.07, 6.45) is 0.810. The van der Waals surface area contributed by atoms with Crippen LogP contribution in [0.5, 0.6) is 5.75 Å². The lowest BCUT2D eigenvalue weighted by Gasteiger charge is -2.08. The van der Waals surface area contributed by atoms with Gasteiger partial charge in [0.2, 0.25) is 0 Å². The Morgan fingerprint density at radius 1 is 1.20 bits per heavy atom. The lowest BCUT2D eigenvalue weighted by molar-refractivity contribution is 0.112. The number of rotatable bonds is 3. The summed E-state index contributed by atoms with van der Waals surface area (Å²) in [5.41, 5.74) is 0.954. The zero-order chi connectivity index (χ0) is 10.7. The number of hydrogen-bond donors (Lipinski definition) is 0. The molecule has 0 aliphatic carbocycles. The van der Waals surface area contributed by atoms with E-state index in [1.807, 2.05) is 30.3 Å². The van der Waals surface area contributed by atoms with Gasteiger partial charge < -0.3 is 4.74 Å². The van der Waals surface area contributed by atoms with Gasteiger partial charge in [-0.2, -0.15) is 0 Å². The number of halogens is 1. The Labute approximate surface area is 96.0 Å². The molecule has 0 aliphatic heterocycles. The third-order valence-corrected chi connectivity index (χ3v) is 2.46. The highest BCUT2D eigenvalue weighted by Crippen LogP contribution is 2.29. The highest BCUT2D eigenvalue weighted by molar-refractivity contribution is 9.09. The van der Waals surface area contributed by atoms with E-state index in [0.29, 0.717) is 16.8 Å². The first-order valence-electron chi connectivity index (χ1n) is 4.52. The maximum atomic E-state index is 10.9. The monoisotopic (exact) mass is 264 g/mol. The zero-order valence-electron chi connectivity index (χ0n) is 7.94. The van der Waals surface area contributed by atoms with Gasteiger partial charge in [-0.1, -0.05) is 30.3 Å². The van der Waals surface area contributed by atoms with E-state index in [1.165, 1.54) is 0 Å². The Morgan fingerprint density at radius 2 is 2.00 bits per heavy atom. The third kappa shape index (κ3) is 1.88. The van der Waals surface area contributed by atoms with E-state index in [1.54, 1.807) is 6.07 Å². The average molecular weight is 265 g/mol. The van der Waals surface area contributed by atoms with Crippen molar-refractivity contribution in [3.05, 3.63) is 42.0 Å². The van der Waals surface area contributed by atoms with Crippen LogP contribution in [-0.4, -0.2) is 11.8 Å². The standard InChI is InChI=1S/C12H9BrO2/c13-8-15-12-10(7-14)6-5-9-3-1-2-4-11(9)12/h1-7H,8H2. The van der Waals surface area contributed by atoms with Gasteiger partial charge in [-0.05, 0) is 27.4 Å². The molecule has 0 heterocycles. The van der Waals surface area contributed by atoms with Crippen molar-refractivity contribution in [2.45, 2.75) is 0 Å². The van der Waals surface area contributed by atoms with Crippen LogP contribution in [0.1, 0.15) is 10.4 Å². The number of aldehydes is 1. The predicted molar refractivity (Wildman–Crippen MR) is 63.8 cm³/mol. The van der Waals surface area contributed by atoms with Crippen molar-refractivity contribution in [3.8, 4) is 5.75 Å². The Balaban J connectivity index is 2.72. The van der Waals surface area contributed by atoms with Gasteiger partial charge in [-0.15, -0.1) is 0 Å². The molecule has 2 aromatic rings. The van der Waals surface area contributed by atoms with E-state index in [9.17, 15) is 4.79 Å². The normalized spacial score (nSPS) is 10.2. The number of fused-ring (bicyclic) bond motifs is 1. The number of carbonyl (C=O) groups is 1. The van der Waals surface area contributed by atoms with Crippen LogP contribution in [0.25, 0.3) is 10.8 Å². The van der Waals surface area contributed by atoms with E-state index < -0.39 is 0 Å². The highest BCUT2D eigenvalue weighted by Gasteiger charge is 2.07. The molecule has 3 heteroatoms. The van der Waals surface area contributed by atoms with Gasteiger partial charge in [0.05, 0.1) is 5.56 Å². The fraction of sp³-hybridized carbons (Fsp3) is 0.0833. The second-order valence-corrected chi connectivity index (χ2v) is 3.53. The summed E-state index contributed by atoms with van der Waals surface area (Å²) in [6, 6.07) is 11.5. The van der Waals surface area contributed by atoms with Crippen LogP contribution in [-0.2, 0) is 0 Å². The fourth-order valence-corrected chi connectivity index (χ4v) is 1.80. The molecule has 0 aromatic heterocycles. The van der Waals surface area contributed by atoms with Crippen molar-refractivity contribution >= 4 is 33.0 Å². The molecule has 0 aliphatic rings. The molecule has 0 N–H and O–H groups in total. The van der Waals surface area contributed by atoms with Crippen molar-refractivity contribution in [3.63, 3.8) is 0 Å². The van der Waals surface area contributed by atoms with Crippen LogP contribution in [0, 0.1) is 0 Å². The molecular weight excluding hydrogens is 256 g/mol. The van der Waals surface area contributed by atoms with Gasteiger partial charge in [-0.3, -0.25) is 4.79 Å². The van der Waals surface area contributed by atoms with Gasteiger partial charge in [0.1, 0.15) is 11.3 Å².